The molecule has 282 valence electrons. The van der Waals surface area contributed by atoms with Crippen LogP contribution in [0.4, 0.5) is 0 Å². The average molecular weight is 679 g/mol. The molecule has 0 aromatic heterocycles. The highest BCUT2D eigenvalue weighted by atomic mass is 16.5. The number of rotatable bonds is 24. The molecule has 48 heavy (non-hydrogen) atoms. The first kappa shape index (κ1) is 40.5. The van der Waals surface area contributed by atoms with Crippen LogP contribution in [0.1, 0.15) is 157 Å². The Balaban J connectivity index is 1.65. The maximum atomic E-state index is 6.76. The largest absolute Gasteiger partial charge is 0.376 e. The van der Waals surface area contributed by atoms with Crippen LogP contribution in [0.15, 0.2) is 0 Å². The van der Waals surface area contributed by atoms with Crippen molar-refractivity contribution >= 4 is 0 Å². The van der Waals surface area contributed by atoms with Crippen molar-refractivity contribution in [1.29, 1.82) is 0 Å². The van der Waals surface area contributed by atoms with Gasteiger partial charge in [0.15, 0.2) is 0 Å². The van der Waals surface area contributed by atoms with Crippen LogP contribution in [0, 0.1) is 35.5 Å². The predicted octanol–water partition coefficient (Wildman–Crippen LogP) is 10.2. The highest BCUT2D eigenvalue weighted by Gasteiger charge is 2.59. The summed E-state index contributed by atoms with van der Waals surface area (Å²) in [5.41, 5.74) is 0. The molecule has 0 aromatic carbocycles. The Morgan fingerprint density at radius 3 is 0.542 bits per heavy atom. The summed E-state index contributed by atoms with van der Waals surface area (Å²) in [6, 6.07) is 0. The Labute approximate surface area is 296 Å². The Hall–Kier alpha value is -0.240. The van der Waals surface area contributed by atoms with E-state index in [9.17, 15) is 0 Å². The van der Waals surface area contributed by atoms with E-state index in [2.05, 4.69) is 41.5 Å². The summed E-state index contributed by atoms with van der Waals surface area (Å²) in [6.07, 6.45) is 21.8. The van der Waals surface area contributed by atoms with Gasteiger partial charge in [-0.3, -0.25) is 0 Å². The normalized spacial score (nSPS) is 36.4. The minimum absolute atomic E-state index is 0.204. The lowest BCUT2D eigenvalue weighted by Gasteiger charge is -2.61. The first-order chi connectivity index (χ1) is 23.6. The minimum Gasteiger partial charge on any atom is -0.376 e. The van der Waals surface area contributed by atoms with Crippen LogP contribution in [0.3, 0.4) is 0 Å². The van der Waals surface area contributed by atoms with E-state index in [1.165, 1.54) is 38.5 Å². The summed E-state index contributed by atoms with van der Waals surface area (Å²) in [5.74, 6) is 3.90. The molecule has 4 aliphatic rings. The van der Waals surface area contributed by atoms with E-state index in [0.29, 0.717) is 35.5 Å². The fourth-order valence-electron chi connectivity index (χ4n) is 9.85. The van der Waals surface area contributed by atoms with E-state index in [1.807, 2.05) is 0 Å². The highest BCUT2D eigenvalue weighted by Crippen LogP contribution is 2.61. The fraction of sp³-hybridized carbons (Fsp3) is 1.00. The smallest absolute Gasteiger partial charge is 0.0839 e. The maximum absolute atomic E-state index is 6.76. The molecule has 0 heterocycles. The van der Waals surface area contributed by atoms with Gasteiger partial charge in [-0.1, -0.05) is 80.1 Å². The topological polar surface area (TPSA) is 55.4 Å². The zero-order chi connectivity index (χ0) is 34.1. The molecule has 0 radical (unpaired) electrons. The number of ether oxygens (including phenoxy) is 6. The van der Waals surface area contributed by atoms with E-state index < -0.39 is 0 Å². The van der Waals surface area contributed by atoms with Gasteiger partial charge in [0, 0.05) is 39.6 Å². The summed E-state index contributed by atoms with van der Waals surface area (Å²) in [5, 5.41) is 0. The Kier molecular flexibility index (Phi) is 19.1. The number of hydrogen-bond donors (Lipinski definition) is 0. The summed E-state index contributed by atoms with van der Waals surface area (Å²) in [4.78, 5) is 0. The lowest BCUT2D eigenvalue weighted by Crippen LogP contribution is -2.60. The Morgan fingerprint density at radius 1 is 0.271 bits per heavy atom. The molecule has 6 nitrogen and oxygen atoms in total. The molecule has 6 atom stereocenters. The van der Waals surface area contributed by atoms with Gasteiger partial charge in [-0.25, -0.2) is 0 Å². The molecule has 6 heteroatoms. The highest BCUT2D eigenvalue weighted by molar-refractivity contribution is 5.08. The zero-order valence-corrected chi connectivity index (χ0v) is 32.3. The third kappa shape index (κ3) is 11.4. The SMILES string of the molecule is CCCCOC1CC2C3CC(OCCCC)C(OCCCC)CC3C3CC(OCCCC)C(OCCCC)CC3C2CC1OCCCC. The second-order valence-electron chi connectivity index (χ2n) is 16.0. The van der Waals surface area contributed by atoms with Crippen LogP contribution in [0.5, 0.6) is 0 Å². The van der Waals surface area contributed by atoms with E-state index in [0.717, 1.165) is 117 Å². The molecule has 4 saturated carbocycles. The van der Waals surface area contributed by atoms with Gasteiger partial charge in [-0.15, -0.1) is 0 Å². The quantitative estimate of drug-likeness (QED) is 0.0948. The molecule has 0 saturated heterocycles. The third-order valence-corrected chi connectivity index (χ3v) is 12.5. The molecule has 0 N–H and O–H groups in total. The second kappa shape index (κ2) is 22.6. The molecule has 0 spiro atoms. The van der Waals surface area contributed by atoms with E-state index >= 15 is 0 Å². The third-order valence-electron chi connectivity index (χ3n) is 12.5. The van der Waals surface area contributed by atoms with Crippen LogP contribution in [-0.4, -0.2) is 76.3 Å². The lowest BCUT2D eigenvalue weighted by molar-refractivity contribution is -0.216. The number of hydrogen-bond acceptors (Lipinski definition) is 6. The van der Waals surface area contributed by atoms with Gasteiger partial charge in [0.25, 0.3) is 0 Å². The van der Waals surface area contributed by atoms with E-state index in [-0.39, 0.29) is 36.6 Å². The monoisotopic (exact) mass is 679 g/mol. The molecule has 4 rings (SSSR count). The van der Waals surface area contributed by atoms with Crippen molar-refractivity contribution in [2.75, 3.05) is 39.6 Å². The standard InChI is InChI=1S/C42H78O6/c1-7-13-19-43-37-25-31-32(26-38(37)44-20-14-8-2)34-28-40(46-22-16-10-4)42(48-24-18-12-6)30-36(34)35-29-41(47-23-17-11-5)39(27-33(31)35)45-21-15-9-3/h31-42H,7-30H2,1-6H3. The molecular formula is C42H78O6. The molecule has 0 aliphatic heterocycles. The first-order valence-corrected chi connectivity index (χ1v) is 21.3. The number of unbranched alkanes of at least 4 members (excludes halogenated alkanes) is 6. The van der Waals surface area contributed by atoms with Crippen LogP contribution in [-0.2, 0) is 28.4 Å². The molecule has 4 fully saturated rings. The van der Waals surface area contributed by atoms with Crippen LogP contribution in [0.2, 0.25) is 0 Å². The molecular weight excluding hydrogens is 600 g/mol. The van der Waals surface area contributed by atoms with Crippen molar-refractivity contribution < 1.29 is 28.4 Å². The van der Waals surface area contributed by atoms with Gasteiger partial charge >= 0.3 is 0 Å². The summed E-state index contributed by atoms with van der Waals surface area (Å²) in [6.45, 7) is 18.7. The van der Waals surface area contributed by atoms with Crippen molar-refractivity contribution in [3.63, 3.8) is 0 Å². The summed E-state index contributed by atoms with van der Waals surface area (Å²) in [7, 11) is 0. The Morgan fingerprint density at radius 2 is 0.417 bits per heavy atom. The van der Waals surface area contributed by atoms with Crippen molar-refractivity contribution in [2.45, 2.75) is 194 Å². The minimum atomic E-state index is 0.204. The first-order valence-electron chi connectivity index (χ1n) is 21.3. The molecule has 0 bridgehead atoms. The summed E-state index contributed by atoms with van der Waals surface area (Å²) >= 11 is 0. The Bertz CT molecular complexity index is 641. The fourth-order valence-corrected chi connectivity index (χ4v) is 9.85. The van der Waals surface area contributed by atoms with Crippen LogP contribution in [0.25, 0.3) is 0 Å². The van der Waals surface area contributed by atoms with Crippen molar-refractivity contribution in [2.24, 2.45) is 35.5 Å². The van der Waals surface area contributed by atoms with Crippen molar-refractivity contribution in [3.8, 4) is 0 Å². The van der Waals surface area contributed by atoms with Gasteiger partial charge in [0.05, 0.1) is 36.6 Å². The van der Waals surface area contributed by atoms with Crippen molar-refractivity contribution in [1.82, 2.24) is 0 Å². The zero-order valence-electron chi connectivity index (χ0n) is 32.3. The summed E-state index contributed by atoms with van der Waals surface area (Å²) < 4.78 is 40.5. The van der Waals surface area contributed by atoms with Gasteiger partial charge in [-0.05, 0) is 113 Å². The van der Waals surface area contributed by atoms with Crippen LogP contribution < -0.4 is 0 Å². The average Bonchev–Trinajstić information content (AvgIpc) is 3.09. The van der Waals surface area contributed by atoms with Crippen molar-refractivity contribution in [3.05, 3.63) is 0 Å². The maximum Gasteiger partial charge on any atom is 0.0839 e. The van der Waals surface area contributed by atoms with Gasteiger partial charge in [0.1, 0.15) is 0 Å². The van der Waals surface area contributed by atoms with Crippen LogP contribution >= 0.6 is 0 Å². The van der Waals surface area contributed by atoms with Gasteiger partial charge in [-0.2, -0.15) is 0 Å². The number of fused-ring (bicyclic) bond motifs is 6. The molecule has 0 aromatic rings. The molecule has 0 amide bonds. The predicted molar refractivity (Wildman–Crippen MR) is 197 cm³/mol. The van der Waals surface area contributed by atoms with E-state index in [4.69, 9.17) is 28.4 Å². The van der Waals surface area contributed by atoms with Gasteiger partial charge in [0.2, 0.25) is 0 Å². The second-order valence-corrected chi connectivity index (χ2v) is 16.0. The lowest BCUT2D eigenvalue weighted by atomic mass is 9.46. The molecule has 4 aliphatic carbocycles. The van der Waals surface area contributed by atoms with Gasteiger partial charge < -0.3 is 28.4 Å². The molecule has 6 unspecified atom stereocenters. The van der Waals surface area contributed by atoms with E-state index in [1.54, 1.807) is 0 Å².